The second kappa shape index (κ2) is 11.1. The molecule has 0 saturated heterocycles. The van der Waals surface area contributed by atoms with Crippen LogP contribution in [0.1, 0.15) is 15.1 Å². The number of furan rings is 1. The highest BCUT2D eigenvalue weighted by molar-refractivity contribution is 6.25. The Bertz CT molecular complexity index is 3420. The molecular formula is C48H30O. The lowest BCUT2D eigenvalue weighted by Gasteiger charge is -2.18. The molecule has 0 aliphatic heterocycles. The van der Waals surface area contributed by atoms with Crippen LogP contribution in [0.2, 0.25) is 0 Å². The lowest BCUT2D eigenvalue weighted by atomic mass is 9.84. The molecule has 0 spiro atoms. The van der Waals surface area contributed by atoms with Gasteiger partial charge in [-0.2, -0.15) is 0 Å². The van der Waals surface area contributed by atoms with Gasteiger partial charge in [0.25, 0.3) is 0 Å². The molecular weight excluding hydrogens is 593 g/mol. The average molecular weight is 634 g/mol. The zero-order valence-electron chi connectivity index (χ0n) is 36.9. The molecule has 0 bridgehead atoms. The minimum Gasteiger partial charge on any atom is -0.456 e. The summed E-state index contributed by atoms with van der Waals surface area (Å²) in [4.78, 5) is 0. The molecule has 49 heavy (non-hydrogen) atoms. The van der Waals surface area contributed by atoms with Gasteiger partial charge in [0.2, 0.25) is 0 Å². The van der Waals surface area contributed by atoms with Crippen LogP contribution in [-0.4, -0.2) is 0 Å². The van der Waals surface area contributed by atoms with Gasteiger partial charge in [-0.3, -0.25) is 0 Å². The molecule has 1 nitrogen and oxygen atoms in total. The predicted molar refractivity (Wildman–Crippen MR) is 208 cm³/mol. The van der Waals surface area contributed by atoms with Gasteiger partial charge in [-0.05, 0) is 101 Å². The number of fused-ring (bicyclic) bond motifs is 6. The van der Waals surface area contributed by atoms with Gasteiger partial charge in [0.05, 0.1) is 15.1 Å². The van der Waals surface area contributed by atoms with Crippen molar-refractivity contribution < 1.29 is 19.5 Å². The number of hydrogen-bond acceptors (Lipinski definition) is 1. The van der Waals surface area contributed by atoms with Crippen molar-refractivity contribution in [2.45, 2.75) is 0 Å². The van der Waals surface area contributed by atoms with Gasteiger partial charge >= 0.3 is 0 Å². The van der Waals surface area contributed by atoms with Crippen LogP contribution in [0.4, 0.5) is 0 Å². The molecule has 0 radical (unpaired) electrons. The van der Waals surface area contributed by atoms with Crippen LogP contribution in [0.25, 0.3) is 98.8 Å². The van der Waals surface area contributed by atoms with Crippen molar-refractivity contribution in [1.82, 2.24) is 0 Å². The minimum absolute atomic E-state index is 0.0139. The molecule has 1 heterocycles. The molecule has 1 aromatic heterocycles. The Hall–Kier alpha value is -6.44. The summed E-state index contributed by atoms with van der Waals surface area (Å²) in [5.74, 6) is 0. The first kappa shape index (κ1) is 18.8. The van der Waals surface area contributed by atoms with Crippen molar-refractivity contribution in [2.75, 3.05) is 0 Å². The third kappa shape index (κ3) is 4.47. The second-order valence-corrected chi connectivity index (χ2v) is 11.9. The van der Waals surface area contributed by atoms with Gasteiger partial charge in [0.1, 0.15) is 11.2 Å². The van der Waals surface area contributed by atoms with Gasteiger partial charge in [0, 0.05) is 10.8 Å². The molecule has 0 fully saturated rings. The smallest absolute Gasteiger partial charge is 0.136 e. The maximum Gasteiger partial charge on any atom is 0.136 e. The third-order valence-corrected chi connectivity index (χ3v) is 9.18. The van der Waals surface area contributed by atoms with E-state index >= 15 is 0 Å². The van der Waals surface area contributed by atoms with Crippen LogP contribution < -0.4 is 0 Å². The molecule has 0 N–H and O–H groups in total. The standard InChI is InChI=1S/C48H30O/c1-2-11-31(12-3-1)37-27-28-42-45(30-37)49-44-20-10-19-43(48(42)44)47-40-17-8-6-15-38(40)46(39-16-7-9-18-41(39)47)34-24-21-33(22-25-34)36-26-23-32-13-4-5-14-35(32)29-36/h1-30H/i4D,5D,13D,14D,21D,22D,23D,24D,25D,26D,29D. The number of benzene rings is 9. The molecule has 0 unspecified atom stereocenters. The SMILES string of the molecule is [2H]c1c([2H])c(-c2c3ccccc3c(-c3cccc4oc5cc(-c6ccccc6)ccc5c34)c3ccccc23)c([2H])c([2H])c1-c1c([2H])c([2H])c2c([2H])c([2H])c([2H])c([2H])c2c1[2H]. The van der Waals surface area contributed by atoms with Crippen molar-refractivity contribution in [3.05, 3.63) is 182 Å². The molecule has 0 atom stereocenters. The summed E-state index contributed by atoms with van der Waals surface area (Å²) in [5.41, 5.74) is 5.04. The van der Waals surface area contributed by atoms with E-state index in [4.69, 9.17) is 14.0 Å². The Kier molecular flexibility index (Phi) is 4.25. The van der Waals surface area contributed by atoms with Crippen LogP contribution in [0.15, 0.2) is 186 Å². The first-order valence-electron chi connectivity index (χ1n) is 21.5. The summed E-state index contributed by atoms with van der Waals surface area (Å²) < 4.78 is 104. The van der Waals surface area contributed by atoms with Crippen molar-refractivity contribution in [2.24, 2.45) is 0 Å². The second-order valence-electron chi connectivity index (χ2n) is 11.9. The highest BCUT2D eigenvalue weighted by Crippen LogP contribution is 2.47. The van der Waals surface area contributed by atoms with E-state index in [1.807, 2.05) is 78.9 Å². The first-order chi connectivity index (χ1) is 28.9. The zero-order chi connectivity index (χ0) is 41.9. The topological polar surface area (TPSA) is 13.1 Å². The Labute approximate surface area is 299 Å². The van der Waals surface area contributed by atoms with E-state index in [2.05, 4.69) is 36.4 Å². The molecule has 1 heteroatoms. The molecule has 0 amide bonds. The highest BCUT2D eigenvalue weighted by atomic mass is 16.3. The van der Waals surface area contributed by atoms with E-state index in [1.54, 1.807) is 0 Å². The van der Waals surface area contributed by atoms with E-state index in [1.165, 1.54) is 0 Å². The molecule has 0 aliphatic carbocycles. The van der Waals surface area contributed by atoms with Gasteiger partial charge in [-0.1, -0.05) is 157 Å². The van der Waals surface area contributed by atoms with Gasteiger partial charge in [0.15, 0.2) is 0 Å². The van der Waals surface area contributed by atoms with Crippen LogP contribution in [0.5, 0.6) is 0 Å². The quantitative estimate of drug-likeness (QED) is 0.176. The number of hydrogen-bond donors (Lipinski definition) is 0. The van der Waals surface area contributed by atoms with Gasteiger partial charge < -0.3 is 4.42 Å². The maximum absolute atomic E-state index is 9.49. The fourth-order valence-electron chi connectivity index (χ4n) is 7.00. The molecule has 10 aromatic rings. The molecule has 0 saturated carbocycles. The van der Waals surface area contributed by atoms with Crippen molar-refractivity contribution in [3.63, 3.8) is 0 Å². The largest absolute Gasteiger partial charge is 0.456 e. The van der Waals surface area contributed by atoms with E-state index in [0.717, 1.165) is 49.4 Å². The Morgan fingerprint density at radius 3 is 1.76 bits per heavy atom. The van der Waals surface area contributed by atoms with Crippen LogP contribution in [0.3, 0.4) is 0 Å². The Morgan fingerprint density at radius 2 is 1.02 bits per heavy atom. The minimum atomic E-state index is -0.636. The summed E-state index contributed by atoms with van der Waals surface area (Å²) in [6.45, 7) is 0. The monoisotopic (exact) mass is 633 g/mol. The molecule has 9 aromatic carbocycles. The fourth-order valence-corrected chi connectivity index (χ4v) is 7.00. The fraction of sp³-hybridized carbons (Fsp3) is 0. The third-order valence-electron chi connectivity index (χ3n) is 9.18. The van der Waals surface area contributed by atoms with Crippen molar-refractivity contribution in [3.8, 4) is 44.5 Å². The summed E-state index contributed by atoms with van der Waals surface area (Å²) >= 11 is 0. The zero-order valence-corrected chi connectivity index (χ0v) is 25.9. The lowest BCUT2D eigenvalue weighted by molar-refractivity contribution is 0.669. The molecule has 10 rings (SSSR count). The number of rotatable bonds is 4. The molecule has 0 aliphatic rings. The predicted octanol–water partition coefficient (Wildman–Crippen LogP) is 13.7. The summed E-state index contributed by atoms with van der Waals surface area (Å²) in [7, 11) is 0. The summed E-state index contributed by atoms with van der Waals surface area (Å²) in [6.07, 6.45) is 0. The van der Waals surface area contributed by atoms with E-state index in [0.29, 0.717) is 21.9 Å². The highest BCUT2D eigenvalue weighted by Gasteiger charge is 2.20. The first-order valence-corrected chi connectivity index (χ1v) is 16.0. The van der Waals surface area contributed by atoms with Crippen LogP contribution in [-0.2, 0) is 0 Å². The average Bonchev–Trinajstić information content (AvgIpc) is 3.65. The normalized spacial score (nSPS) is 14.8. The maximum atomic E-state index is 9.49. The lowest BCUT2D eigenvalue weighted by Crippen LogP contribution is -1.91. The van der Waals surface area contributed by atoms with Crippen LogP contribution in [0, 0.1) is 0 Å². The Morgan fingerprint density at radius 1 is 0.388 bits per heavy atom. The van der Waals surface area contributed by atoms with Gasteiger partial charge in [-0.15, -0.1) is 0 Å². The van der Waals surface area contributed by atoms with Gasteiger partial charge in [-0.25, -0.2) is 0 Å². The van der Waals surface area contributed by atoms with E-state index < -0.39 is 77.6 Å². The molecule has 228 valence electrons. The van der Waals surface area contributed by atoms with E-state index in [-0.39, 0.29) is 16.3 Å². The summed E-state index contributed by atoms with van der Waals surface area (Å²) in [6, 6.07) is 31.4. The van der Waals surface area contributed by atoms with Crippen molar-refractivity contribution in [1.29, 1.82) is 0 Å². The van der Waals surface area contributed by atoms with Crippen molar-refractivity contribution >= 4 is 54.3 Å². The van der Waals surface area contributed by atoms with E-state index in [9.17, 15) is 5.48 Å². The van der Waals surface area contributed by atoms with Crippen LogP contribution >= 0.6 is 0 Å². The Balaban J connectivity index is 1.25. The summed E-state index contributed by atoms with van der Waals surface area (Å²) in [5, 5.41) is 4.18.